The fraction of sp³-hybridized carbons (Fsp3) is 0.583. The number of halogens is 1. The van der Waals surface area contributed by atoms with Crippen molar-refractivity contribution in [3.8, 4) is 12.0 Å². The molecule has 0 saturated carbocycles. The van der Waals surface area contributed by atoms with Crippen LogP contribution < -0.4 is 4.74 Å². The Morgan fingerprint density at radius 3 is 3.00 bits per heavy atom. The van der Waals surface area contributed by atoms with E-state index in [2.05, 4.69) is 37.0 Å². The maximum Gasteiger partial charge on any atom is 0.322 e. The van der Waals surface area contributed by atoms with Crippen molar-refractivity contribution < 1.29 is 4.74 Å². The molecule has 112 valence electrons. The summed E-state index contributed by atoms with van der Waals surface area (Å²) >= 11 is 5.88. The Morgan fingerprint density at radius 1 is 1.38 bits per heavy atom. The lowest BCUT2D eigenvalue weighted by atomic mass is 10.2. The van der Waals surface area contributed by atoms with Gasteiger partial charge in [-0.15, -0.1) is 0 Å². The van der Waals surface area contributed by atoms with Gasteiger partial charge in [0.2, 0.25) is 5.28 Å². The van der Waals surface area contributed by atoms with Crippen LogP contribution in [0, 0.1) is 0 Å². The lowest BCUT2D eigenvalue weighted by molar-refractivity contribution is 0.222. The van der Waals surface area contributed by atoms with Gasteiger partial charge in [-0.2, -0.15) is 24.7 Å². The van der Waals surface area contributed by atoms with E-state index in [1.54, 1.807) is 0 Å². The molecule has 1 saturated heterocycles. The van der Waals surface area contributed by atoms with Crippen LogP contribution in [0.25, 0.3) is 5.95 Å². The number of hydrogen-bond donors (Lipinski definition) is 0. The van der Waals surface area contributed by atoms with Crippen molar-refractivity contribution in [2.45, 2.75) is 25.3 Å². The number of aromatic nitrogens is 6. The van der Waals surface area contributed by atoms with Gasteiger partial charge in [-0.3, -0.25) is 0 Å². The molecule has 1 unspecified atom stereocenters. The summed E-state index contributed by atoms with van der Waals surface area (Å²) in [7, 11) is 2.14. The van der Waals surface area contributed by atoms with Crippen molar-refractivity contribution in [1.29, 1.82) is 0 Å². The minimum Gasteiger partial charge on any atom is -0.463 e. The summed E-state index contributed by atoms with van der Waals surface area (Å²) in [6.45, 7) is 1.70. The topological polar surface area (TPSA) is 81.9 Å². The fourth-order valence-electron chi connectivity index (χ4n) is 2.43. The zero-order valence-corrected chi connectivity index (χ0v) is 12.4. The molecule has 3 heterocycles. The summed E-state index contributed by atoms with van der Waals surface area (Å²) in [5.41, 5.74) is 0. The minimum atomic E-state index is 0.0727. The first-order valence-corrected chi connectivity index (χ1v) is 7.20. The Kier molecular flexibility index (Phi) is 4.26. The predicted octanol–water partition coefficient (Wildman–Crippen LogP) is 0.969. The molecule has 0 radical (unpaired) electrons. The van der Waals surface area contributed by atoms with E-state index in [0.29, 0.717) is 18.6 Å². The zero-order chi connectivity index (χ0) is 14.7. The molecule has 1 aliphatic heterocycles. The van der Waals surface area contributed by atoms with Gasteiger partial charge < -0.3 is 9.64 Å². The molecule has 2 aromatic rings. The third-order valence-electron chi connectivity index (χ3n) is 3.55. The second-order valence-corrected chi connectivity index (χ2v) is 5.28. The van der Waals surface area contributed by atoms with Crippen molar-refractivity contribution in [3.63, 3.8) is 0 Å². The number of hydrogen-bond acceptors (Lipinski definition) is 7. The monoisotopic (exact) mass is 309 g/mol. The third kappa shape index (κ3) is 3.45. The van der Waals surface area contributed by atoms with Gasteiger partial charge in [0.15, 0.2) is 0 Å². The Bertz CT molecular complexity index is 591. The SMILES string of the molecule is CN1CCCC1CCOc1nc(Cl)nc(-n2cncn2)n1. The highest BCUT2D eigenvalue weighted by Crippen LogP contribution is 2.18. The molecule has 0 N–H and O–H groups in total. The molecule has 0 spiro atoms. The number of nitrogens with zero attached hydrogens (tertiary/aromatic N) is 7. The highest BCUT2D eigenvalue weighted by Gasteiger charge is 2.20. The van der Waals surface area contributed by atoms with Crippen LogP contribution in [0.3, 0.4) is 0 Å². The largest absolute Gasteiger partial charge is 0.463 e. The Hall–Kier alpha value is -1.80. The fourth-order valence-corrected chi connectivity index (χ4v) is 2.58. The van der Waals surface area contributed by atoms with E-state index in [1.165, 1.54) is 30.2 Å². The lowest BCUT2D eigenvalue weighted by Gasteiger charge is -2.18. The Balaban J connectivity index is 1.63. The van der Waals surface area contributed by atoms with Gasteiger partial charge in [-0.05, 0) is 44.5 Å². The summed E-state index contributed by atoms with van der Waals surface area (Å²) < 4.78 is 7.01. The van der Waals surface area contributed by atoms with E-state index >= 15 is 0 Å². The summed E-state index contributed by atoms with van der Waals surface area (Å²) in [6, 6.07) is 0.776. The van der Waals surface area contributed by atoms with Crippen molar-refractivity contribution in [2.24, 2.45) is 0 Å². The van der Waals surface area contributed by atoms with Crippen LogP contribution >= 0.6 is 11.6 Å². The molecule has 1 fully saturated rings. The highest BCUT2D eigenvalue weighted by molar-refractivity contribution is 6.28. The molecule has 0 aromatic carbocycles. The van der Waals surface area contributed by atoms with Gasteiger partial charge in [-0.25, -0.2) is 4.98 Å². The smallest absolute Gasteiger partial charge is 0.322 e. The van der Waals surface area contributed by atoms with Crippen LogP contribution in [0.2, 0.25) is 5.28 Å². The Morgan fingerprint density at radius 2 is 2.29 bits per heavy atom. The van der Waals surface area contributed by atoms with Crippen LogP contribution in [0.5, 0.6) is 6.01 Å². The summed E-state index contributed by atoms with van der Waals surface area (Å²) in [4.78, 5) is 18.3. The summed E-state index contributed by atoms with van der Waals surface area (Å²) in [5, 5.41) is 4.03. The van der Waals surface area contributed by atoms with Crippen LogP contribution in [0.4, 0.5) is 0 Å². The van der Waals surface area contributed by atoms with Crippen LogP contribution in [-0.4, -0.2) is 60.9 Å². The van der Waals surface area contributed by atoms with Gasteiger partial charge in [0.25, 0.3) is 5.95 Å². The van der Waals surface area contributed by atoms with Gasteiger partial charge >= 0.3 is 6.01 Å². The van der Waals surface area contributed by atoms with Crippen LogP contribution in [-0.2, 0) is 0 Å². The first kappa shape index (κ1) is 14.2. The number of rotatable bonds is 5. The van der Waals surface area contributed by atoms with E-state index in [1.807, 2.05) is 0 Å². The van der Waals surface area contributed by atoms with Gasteiger partial charge in [0.05, 0.1) is 6.61 Å². The molecular weight excluding hydrogens is 294 g/mol. The van der Waals surface area contributed by atoms with Gasteiger partial charge in [0, 0.05) is 6.04 Å². The van der Waals surface area contributed by atoms with E-state index in [0.717, 1.165) is 13.0 Å². The minimum absolute atomic E-state index is 0.0727. The second-order valence-electron chi connectivity index (χ2n) is 4.94. The van der Waals surface area contributed by atoms with Crippen LogP contribution in [0.15, 0.2) is 12.7 Å². The van der Waals surface area contributed by atoms with E-state index in [-0.39, 0.29) is 11.3 Å². The van der Waals surface area contributed by atoms with Crippen molar-refractivity contribution >= 4 is 11.6 Å². The normalized spacial score (nSPS) is 19.0. The standard InChI is InChI=1S/C12H16ClN7O/c1-19-5-2-3-9(19)4-6-21-12-17-10(13)16-11(18-12)20-8-14-7-15-20/h7-9H,2-6H2,1H3. The highest BCUT2D eigenvalue weighted by atomic mass is 35.5. The van der Waals surface area contributed by atoms with Crippen molar-refractivity contribution in [2.75, 3.05) is 20.2 Å². The molecule has 0 bridgehead atoms. The van der Waals surface area contributed by atoms with Crippen molar-refractivity contribution in [1.82, 2.24) is 34.6 Å². The summed E-state index contributed by atoms with van der Waals surface area (Å²) in [6.07, 6.45) is 6.28. The maximum absolute atomic E-state index is 5.88. The molecular formula is C12H16ClN7O. The van der Waals surface area contributed by atoms with Crippen LogP contribution in [0.1, 0.15) is 19.3 Å². The average molecular weight is 310 g/mol. The quantitative estimate of drug-likeness (QED) is 0.814. The van der Waals surface area contributed by atoms with Crippen molar-refractivity contribution in [3.05, 3.63) is 17.9 Å². The van der Waals surface area contributed by atoms with Gasteiger partial charge in [0.1, 0.15) is 12.7 Å². The maximum atomic E-state index is 5.88. The summed E-state index contributed by atoms with van der Waals surface area (Å²) in [5.74, 6) is 0.292. The average Bonchev–Trinajstić information content (AvgIpc) is 3.10. The van der Waals surface area contributed by atoms with E-state index in [4.69, 9.17) is 16.3 Å². The zero-order valence-electron chi connectivity index (χ0n) is 11.7. The molecule has 3 rings (SSSR count). The molecule has 2 aromatic heterocycles. The molecule has 0 aliphatic carbocycles. The third-order valence-corrected chi connectivity index (χ3v) is 3.72. The molecule has 1 atom stereocenters. The lowest BCUT2D eigenvalue weighted by Crippen LogP contribution is -2.26. The van der Waals surface area contributed by atoms with E-state index in [9.17, 15) is 0 Å². The molecule has 9 heteroatoms. The molecule has 21 heavy (non-hydrogen) atoms. The predicted molar refractivity (Wildman–Crippen MR) is 75.5 cm³/mol. The molecule has 0 amide bonds. The number of likely N-dealkylation sites (tertiary alicyclic amines) is 1. The molecule has 8 nitrogen and oxygen atoms in total. The first-order chi connectivity index (χ1) is 10.2. The van der Waals surface area contributed by atoms with Gasteiger partial charge in [-0.1, -0.05) is 0 Å². The molecule has 1 aliphatic rings. The first-order valence-electron chi connectivity index (χ1n) is 6.82. The number of ether oxygens (including phenoxy) is 1. The van der Waals surface area contributed by atoms with E-state index < -0.39 is 0 Å². The Labute approximate surface area is 127 Å². The second kappa shape index (κ2) is 6.31.